The molecule has 0 spiro atoms. The number of benzene rings is 2. The molecule has 0 aliphatic carbocycles. The first kappa shape index (κ1) is 15.0. The number of hydrogen-bond donors (Lipinski definition) is 3. The van der Waals surface area contributed by atoms with Crippen LogP contribution < -0.4 is 16.9 Å². The fourth-order valence-corrected chi connectivity index (χ4v) is 2.73. The van der Waals surface area contributed by atoms with E-state index in [0.29, 0.717) is 16.7 Å². The molecule has 1 heterocycles. The fourth-order valence-electron chi connectivity index (χ4n) is 2.25. The molecule has 0 atom stereocenters. The van der Waals surface area contributed by atoms with Crippen LogP contribution in [0.4, 0.5) is 5.69 Å². The van der Waals surface area contributed by atoms with Gasteiger partial charge in [-0.25, -0.2) is 0 Å². The Hall–Kier alpha value is -2.91. The highest BCUT2D eigenvalue weighted by molar-refractivity contribution is 7.85. The van der Waals surface area contributed by atoms with E-state index in [-0.39, 0.29) is 10.6 Å². The van der Waals surface area contributed by atoms with Gasteiger partial charge in [-0.3, -0.25) is 18.7 Å². The van der Waals surface area contributed by atoms with E-state index < -0.39 is 21.2 Å². The Balaban J connectivity index is 2.35. The van der Waals surface area contributed by atoms with Gasteiger partial charge in [-0.15, -0.1) is 0 Å². The SMILES string of the molecule is Nc1ccc2[nH]c(=O)c(=O)n(-c3ccc(S(=O)(=O)O)cc3)c2c1. The van der Waals surface area contributed by atoms with Crippen molar-refractivity contribution in [1.29, 1.82) is 0 Å². The lowest BCUT2D eigenvalue weighted by molar-refractivity contribution is 0.483. The molecule has 4 N–H and O–H groups in total. The van der Waals surface area contributed by atoms with E-state index in [4.69, 9.17) is 10.3 Å². The summed E-state index contributed by atoms with van der Waals surface area (Å²) in [6.07, 6.45) is 0. The van der Waals surface area contributed by atoms with E-state index in [2.05, 4.69) is 4.98 Å². The quantitative estimate of drug-likeness (QED) is 0.355. The van der Waals surface area contributed by atoms with Crippen LogP contribution in [0.25, 0.3) is 16.7 Å². The zero-order chi connectivity index (χ0) is 16.8. The third-order valence-electron chi connectivity index (χ3n) is 3.30. The topological polar surface area (TPSA) is 135 Å². The third-order valence-corrected chi connectivity index (χ3v) is 4.17. The average Bonchev–Trinajstić information content (AvgIpc) is 2.48. The van der Waals surface area contributed by atoms with Gasteiger partial charge in [0, 0.05) is 11.4 Å². The van der Waals surface area contributed by atoms with Crippen molar-refractivity contribution in [3.8, 4) is 5.69 Å². The molecule has 0 aliphatic heterocycles. The monoisotopic (exact) mass is 333 g/mol. The smallest absolute Gasteiger partial charge is 0.321 e. The molecule has 0 bridgehead atoms. The van der Waals surface area contributed by atoms with Gasteiger partial charge in [0.15, 0.2) is 0 Å². The predicted molar refractivity (Wildman–Crippen MR) is 84.4 cm³/mol. The second-order valence-electron chi connectivity index (χ2n) is 4.84. The van der Waals surface area contributed by atoms with Crippen molar-refractivity contribution >= 4 is 26.8 Å². The normalized spacial score (nSPS) is 11.7. The average molecular weight is 333 g/mol. The summed E-state index contributed by atoms with van der Waals surface area (Å²) in [6.45, 7) is 0. The number of aromatic amines is 1. The number of fused-ring (bicyclic) bond motifs is 1. The van der Waals surface area contributed by atoms with E-state index in [1.807, 2.05) is 0 Å². The number of nitrogens with zero attached hydrogens (tertiary/aromatic N) is 1. The van der Waals surface area contributed by atoms with E-state index in [1.165, 1.54) is 18.2 Å². The lowest BCUT2D eigenvalue weighted by atomic mass is 10.2. The van der Waals surface area contributed by atoms with Crippen LogP contribution in [0.1, 0.15) is 0 Å². The summed E-state index contributed by atoms with van der Waals surface area (Å²) in [7, 11) is -4.34. The molecule has 0 unspecified atom stereocenters. The predicted octanol–water partition coefficient (Wildman–Crippen LogP) is 0.508. The van der Waals surface area contributed by atoms with Gasteiger partial charge in [0.2, 0.25) is 0 Å². The zero-order valence-corrected chi connectivity index (χ0v) is 12.4. The maximum absolute atomic E-state index is 12.2. The van der Waals surface area contributed by atoms with Crippen LogP contribution in [-0.4, -0.2) is 22.5 Å². The number of rotatable bonds is 2. The van der Waals surface area contributed by atoms with Gasteiger partial charge < -0.3 is 10.7 Å². The summed E-state index contributed by atoms with van der Waals surface area (Å²) in [4.78, 5) is 26.1. The Morgan fingerprint density at radius 3 is 2.30 bits per heavy atom. The lowest BCUT2D eigenvalue weighted by Crippen LogP contribution is -2.35. The van der Waals surface area contributed by atoms with Crippen molar-refractivity contribution < 1.29 is 13.0 Å². The summed E-state index contributed by atoms with van der Waals surface area (Å²) in [5.41, 5.74) is 5.51. The second-order valence-corrected chi connectivity index (χ2v) is 6.26. The zero-order valence-electron chi connectivity index (χ0n) is 11.6. The molecule has 8 nitrogen and oxygen atoms in total. The molecule has 0 radical (unpaired) electrons. The maximum Gasteiger partial charge on any atom is 0.321 e. The van der Waals surface area contributed by atoms with E-state index in [1.54, 1.807) is 12.1 Å². The maximum atomic E-state index is 12.2. The van der Waals surface area contributed by atoms with Gasteiger partial charge in [-0.1, -0.05) is 0 Å². The van der Waals surface area contributed by atoms with E-state index in [9.17, 15) is 18.0 Å². The highest BCUT2D eigenvalue weighted by atomic mass is 32.2. The molecule has 23 heavy (non-hydrogen) atoms. The first-order chi connectivity index (χ1) is 10.8. The molecule has 2 aromatic carbocycles. The van der Waals surface area contributed by atoms with Crippen LogP contribution in [0.15, 0.2) is 56.9 Å². The molecular formula is C14H11N3O5S. The molecule has 9 heteroatoms. The van der Waals surface area contributed by atoms with Crippen molar-refractivity contribution in [3.05, 3.63) is 63.2 Å². The Bertz CT molecular complexity index is 1130. The van der Waals surface area contributed by atoms with Gasteiger partial charge in [0.05, 0.1) is 15.9 Å². The first-order valence-electron chi connectivity index (χ1n) is 6.40. The Labute approximate surface area is 129 Å². The molecule has 118 valence electrons. The van der Waals surface area contributed by atoms with Crippen LogP contribution in [-0.2, 0) is 10.1 Å². The van der Waals surface area contributed by atoms with E-state index in [0.717, 1.165) is 16.7 Å². The van der Waals surface area contributed by atoms with Gasteiger partial charge in [-0.05, 0) is 42.5 Å². The summed E-state index contributed by atoms with van der Waals surface area (Å²) in [6, 6.07) is 9.55. The molecule has 3 rings (SSSR count). The lowest BCUT2D eigenvalue weighted by Gasteiger charge is -2.10. The van der Waals surface area contributed by atoms with Crippen LogP contribution in [0.3, 0.4) is 0 Å². The number of anilines is 1. The third kappa shape index (κ3) is 2.62. The summed E-state index contributed by atoms with van der Waals surface area (Å²) in [5, 5.41) is 0. The minimum atomic E-state index is -4.34. The van der Waals surface area contributed by atoms with Crippen molar-refractivity contribution in [1.82, 2.24) is 9.55 Å². The Morgan fingerprint density at radius 1 is 1.04 bits per heavy atom. The summed E-state index contributed by atoms with van der Waals surface area (Å²) < 4.78 is 32.3. The van der Waals surface area contributed by atoms with Gasteiger partial charge >= 0.3 is 11.1 Å². The number of nitrogen functional groups attached to an aromatic ring is 1. The minimum absolute atomic E-state index is 0.268. The minimum Gasteiger partial charge on any atom is -0.399 e. The molecule has 0 saturated carbocycles. The number of H-pyrrole nitrogens is 1. The summed E-state index contributed by atoms with van der Waals surface area (Å²) in [5.74, 6) is 0. The second kappa shape index (κ2) is 5.07. The van der Waals surface area contributed by atoms with Gasteiger partial charge in [-0.2, -0.15) is 8.42 Å². The largest absolute Gasteiger partial charge is 0.399 e. The summed E-state index contributed by atoms with van der Waals surface area (Å²) >= 11 is 0. The molecule has 0 fully saturated rings. The Kier molecular flexibility index (Phi) is 3.31. The van der Waals surface area contributed by atoms with E-state index >= 15 is 0 Å². The van der Waals surface area contributed by atoms with Crippen molar-refractivity contribution in [3.63, 3.8) is 0 Å². The van der Waals surface area contributed by atoms with Crippen LogP contribution in [0, 0.1) is 0 Å². The molecule has 0 amide bonds. The van der Waals surface area contributed by atoms with Crippen LogP contribution >= 0.6 is 0 Å². The van der Waals surface area contributed by atoms with Crippen molar-refractivity contribution in [2.24, 2.45) is 0 Å². The van der Waals surface area contributed by atoms with Crippen molar-refractivity contribution in [2.45, 2.75) is 4.90 Å². The standard InChI is InChI=1S/C14H11N3O5S/c15-8-1-6-11-12(7-8)17(14(19)13(18)16-11)9-2-4-10(5-3-9)23(20,21)22/h1-7H,15H2,(H,16,18)(H,20,21,22). The van der Waals surface area contributed by atoms with Crippen LogP contribution in [0.5, 0.6) is 0 Å². The number of nitrogens with two attached hydrogens (primary N) is 1. The van der Waals surface area contributed by atoms with Gasteiger partial charge in [0.25, 0.3) is 10.1 Å². The molecular weight excluding hydrogens is 322 g/mol. The molecule has 3 aromatic rings. The van der Waals surface area contributed by atoms with Crippen molar-refractivity contribution in [2.75, 3.05) is 5.73 Å². The molecule has 1 aromatic heterocycles. The molecule has 0 saturated heterocycles. The number of hydrogen-bond acceptors (Lipinski definition) is 5. The van der Waals surface area contributed by atoms with Gasteiger partial charge in [0.1, 0.15) is 0 Å². The Morgan fingerprint density at radius 2 is 1.70 bits per heavy atom. The highest BCUT2D eigenvalue weighted by Crippen LogP contribution is 2.18. The highest BCUT2D eigenvalue weighted by Gasteiger charge is 2.12. The first-order valence-corrected chi connectivity index (χ1v) is 7.84. The number of nitrogens with one attached hydrogen (secondary N) is 1. The number of aromatic nitrogens is 2. The van der Waals surface area contributed by atoms with Crippen LogP contribution in [0.2, 0.25) is 0 Å². The molecule has 0 aliphatic rings. The fraction of sp³-hybridized carbons (Fsp3) is 0.